The molecule has 0 bridgehead atoms. The zero-order valence-corrected chi connectivity index (χ0v) is 6.72. The molecule has 2 nitrogen and oxygen atoms in total. The molecule has 0 rings (SSSR count). The Morgan fingerprint density at radius 1 is 1.60 bits per heavy atom. The van der Waals surface area contributed by atoms with Crippen molar-refractivity contribution in [3.05, 3.63) is 6.61 Å². The van der Waals surface area contributed by atoms with Crippen molar-refractivity contribution in [2.45, 2.75) is 33.1 Å². The third-order valence-electron chi connectivity index (χ3n) is 1.22. The minimum atomic E-state index is 0.194. The maximum atomic E-state index is 10.8. The monoisotopic (exact) mass is 143 g/mol. The minimum Gasteiger partial charge on any atom is -0.368 e. The predicted molar refractivity (Wildman–Crippen MR) is 40.5 cm³/mol. The van der Waals surface area contributed by atoms with Gasteiger partial charge in [0.1, 0.15) is 6.61 Å². The van der Waals surface area contributed by atoms with Gasteiger partial charge in [-0.15, -0.1) is 0 Å². The Kier molecular flexibility index (Phi) is 6.50. The van der Waals surface area contributed by atoms with Gasteiger partial charge in [0, 0.05) is 6.42 Å². The Labute approximate surface area is 62.6 Å². The van der Waals surface area contributed by atoms with Crippen LogP contribution in [0.25, 0.3) is 0 Å². The summed E-state index contributed by atoms with van der Waals surface area (Å²) in [5, 5.41) is 0. The van der Waals surface area contributed by atoms with Crippen molar-refractivity contribution >= 4 is 5.78 Å². The Morgan fingerprint density at radius 2 is 2.30 bits per heavy atom. The molecule has 0 spiro atoms. The molecule has 0 aliphatic rings. The van der Waals surface area contributed by atoms with E-state index in [1.54, 1.807) is 13.5 Å². The van der Waals surface area contributed by atoms with Crippen LogP contribution in [0.5, 0.6) is 0 Å². The molecular weight excluding hydrogens is 128 g/mol. The molecule has 0 unspecified atom stereocenters. The SMILES string of the molecule is C[CH]OCC(=O)CCCC. The Morgan fingerprint density at radius 3 is 2.80 bits per heavy atom. The number of ether oxygens (including phenoxy) is 1. The van der Waals surface area contributed by atoms with Crippen LogP contribution in [0.2, 0.25) is 0 Å². The van der Waals surface area contributed by atoms with Crippen molar-refractivity contribution in [3.8, 4) is 0 Å². The molecule has 0 fully saturated rings. The lowest BCUT2D eigenvalue weighted by Crippen LogP contribution is -2.05. The van der Waals surface area contributed by atoms with Gasteiger partial charge in [0.05, 0.1) is 6.61 Å². The largest absolute Gasteiger partial charge is 0.368 e. The van der Waals surface area contributed by atoms with Gasteiger partial charge in [0.15, 0.2) is 5.78 Å². The summed E-state index contributed by atoms with van der Waals surface area (Å²) in [6.07, 6.45) is 2.71. The molecule has 0 saturated heterocycles. The van der Waals surface area contributed by atoms with Gasteiger partial charge in [-0.1, -0.05) is 13.3 Å². The highest BCUT2D eigenvalue weighted by molar-refractivity contribution is 5.79. The van der Waals surface area contributed by atoms with Gasteiger partial charge in [-0.3, -0.25) is 4.79 Å². The molecule has 0 N–H and O–H groups in total. The topological polar surface area (TPSA) is 26.3 Å². The van der Waals surface area contributed by atoms with Gasteiger partial charge >= 0.3 is 0 Å². The quantitative estimate of drug-likeness (QED) is 0.568. The summed E-state index contributed by atoms with van der Waals surface area (Å²) in [6.45, 7) is 5.63. The van der Waals surface area contributed by atoms with Gasteiger partial charge in [-0.2, -0.15) is 0 Å². The highest BCUT2D eigenvalue weighted by atomic mass is 16.5. The number of Topliss-reactive ketones (excluding diaryl/α,β-unsaturated/α-hetero) is 1. The second-order valence-corrected chi connectivity index (χ2v) is 2.19. The van der Waals surface area contributed by atoms with Crippen molar-refractivity contribution in [3.63, 3.8) is 0 Å². The molecule has 0 heterocycles. The molecule has 0 saturated carbocycles. The molecule has 0 aliphatic carbocycles. The van der Waals surface area contributed by atoms with Gasteiger partial charge in [0.2, 0.25) is 0 Å². The normalized spacial score (nSPS) is 9.80. The van der Waals surface area contributed by atoms with Gasteiger partial charge < -0.3 is 4.74 Å². The van der Waals surface area contributed by atoms with Gasteiger partial charge in [0.25, 0.3) is 0 Å². The summed E-state index contributed by atoms with van der Waals surface area (Å²) in [6, 6.07) is 0. The number of carbonyl (C=O) groups excluding carboxylic acids is 1. The first kappa shape index (κ1) is 9.63. The molecule has 0 aromatic carbocycles. The number of carbonyl (C=O) groups is 1. The summed E-state index contributed by atoms with van der Waals surface area (Å²) in [4.78, 5) is 10.8. The number of rotatable bonds is 6. The second-order valence-electron chi connectivity index (χ2n) is 2.19. The van der Waals surface area contributed by atoms with E-state index in [1.165, 1.54) is 0 Å². The standard InChI is InChI=1S/C8H15O2/c1-3-5-6-8(9)7-10-4-2/h4H,3,5-7H2,1-2H3. The first-order valence-corrected chi connectivity index (χ1v) is 3.72. The number of ketones is 1. The van der Waals surface area contributed by atoms with E-state index in [-0.39, 0.29) is 12.4 Å². The van der Waals surface area contributed by atoms with E-state index >= 15 is 0 Å². The van der Waals surface area contributed by atoms with Crippen LogP contribution in [-0.2, 0) is 9.53 Å². The molecule has 0 aliphatic heterocycles. The van der Waals surface area contributed by atoms with Crippen molar-refractivity contribution < 1.29 is 9.53 Å². The van der Waals surface area contributed by atoms with Gasteiger partial charge in [-0.25, -0.2) is 0 Å². The van der Waals surface area contributed by atoms with Crippen LogP contribution >= 0.6 is 0 Å². The van der Waals surface area contributed by atoms with Crippen LogP contribution < -0.4 is 0 Å². The summed E-state index contributed by atoms with van der Waals surface area (Å²) >= 11 is 0. The van der Waals surface area contributed by atoms with E-state index in [0.717, 1.165) is 12.8 Å². The van der Waals surface area contributed by atoms with Crippen molar-refractivity contribution in [1.29, 1.82) is 0 Å². The number of hydrogen-bond donors (Lipinski definition) is 0. The van der Waals surface area contributed by atoms with Crippen LogP contribution in [-0.4, -0.2) is 12.4 Å². The van der Waals surface area contributed by atoms with Crippen LogP contribution in [0.1, 0.15) is 33.1 Å². The molecule has 0 amide bonds. The molecule has 1 radical (unpaired) electrons. The summed E-state index contributed by atoms with van der Waals surface area (Å²) in [7, 11) is 0. The molecule has 0 atom stereocenters. The fourth-order valence-corrected chi connectivity index (χ4v) is 0.622. The lowest BCUT2D eigenvalue weighted by atomic mass is 10.2. The van der Waals surface area contributed by atoms with E-state index < -0.39 is 0 Å². The maximum Gasteiger partial charge on any atom is 0.158 e. The minimum absolute atomic E-state index is 0.194. The van der Waals surface area contributed by atoms with E-state index in [0.29, 0.717) is 6.42 Å². The first-order chi connectivity index (χ1) is 4.81. The fraction of sp³-hybridized carbons (Fsp3) is 0.750. The van der Waals surface area contributed by atoms with Crippen LogP contribution in [0.4, 0.5) is 0 Å². The average molecular weight is 143 g/mol. The van der Waals surface area contributed by atoms with Crippen molar-refractivity contribution in [1.82, 2.24) is 0 Å². The van der Waals surface area contributed by atoms with Crippen molar-refractivity contribution in [2.75, 3.05) is 6.61 Å². The zero-order chi connectivity index (χ0) is 7.82. The summed E-state index contributed by atoms with van der Waals surface area (Å²) in [5.74, 6) is 0.194. The maximum absolute atomic E-state index is 10.8. The van der Waals surface area contributed by atoms with Crippen LogP contribution in [0, 0.1) is 6.61 Å². The molecule has 0 aromatic heterocycles. The van der Waals surface area contributed by atoms with Gasteiger partial charge in [-0.05, 0) is 13.3 Å². The smallest absolute Gasteiger partial charge is 0.158 e. The van der Waals surface area contributed by atoms with Crippen LogP contribution in [0.3, 0.4) is 0 Å². The van der Waals surface area contributed by atoms with Crippen LogP contribution in [0.15, 0.2) is 0 Å². The fourth-order valence-electron chi connectivity index (χ4n) is 0.622. The molecule has 0 aromatic rings. The summed E-state index contributed by atoms with van der Waals surface area (Å²) < 4.78 is 4.82. The Balaban J connectivity index is 3.09. The Hall–Kier alpha value is -0.370. The van der Waals surface area contributed by atoms with Crippen molar-refractivity contribution in [2.24, 2.45) is 0 Å². The van der Waals surface area contributed by atoms with E-state index in [1.807, 2.05) is 0 Å². The summed E-state index contributed by atoms with van der Waals surface area (Å²) in [5.41, 5.74) is 0. The predicted octanol–water partition coefficient (Wildman–Crippen LogP) is 1.94. The first-order valence-electron chi connectivity index (χ1n) is 3.72. The Bertz CT molecular complexity index is 79.3. The number of unbranched alkanes of at least 4 members (excludes halogenated alkanes) is 1. The highest BCUT2D eigenvalue weighted by Crippen LogP contribution is 1.95. The molecule has 10 heavy (non-hydrogen) atoms. The molecule has 2 heteroatoms. The van der Waals surface area contributed by atoms with E-state index in [2.05, 4.69) is 6.92 Å². The highest BCUT2D eigenvalue weighted by Gasteiger charge is 1.98. The molecular formula is C8H15O2. The third-order valence-corrected chi connectivity index (χ3v) is 1.22. The number of hydrogen-bond acceptors (Lipinski definition) is 2. The van der Waals surface area contributed by atoms with E-state index in [4.69, 9.17) is 4.74 Å². The lowest BCUT2D eigenvalue weighted by molar-refractivity contribution is -0.122. The second kappa shape index (κ2) is 6.75. The van der Waals surface area contributed by atoms with E-state index in [9.17, 15) is 4.79 Å². The average Bonchev–Trinajstić information content (AvgIpc) is 1.97. The lowest BCUT2D eigenvalue weighted by Gasteiger charge is -1.97. The zero-order valence-electron chi connectivity index (χ0n) is 6.72. The third kappa shape index (κ3) is 5.76. The molecule has 59 valence electrons.